The molecule has 0 saturated carbocycles. The van der Waals surface area contributed by atoms with Gasteiger partial charge in [-0.1, -0.05) is 12.1 Å². The van der Waals surface area contributed by atoms with E-state index < -0.39 is 0 Å². The lowest BCUT2D eigenvalue weighted by atomic mass is 9.96. The number of aryl methyl sites for hydroxylation is 3. The van der Waals surface area contributed by atoms with Crippen LogP contribution in [-0.4, -0.2) is 12.1 Å². The Kier molecular flexibility index (Phi) is 4.97. The van der Waals surface area contributed by atoms with Crippen LogP contribution in [0.3, 0.4) is 0 Å². The molecule has 3 heteroatoms. The summed E-state index contributed by atoms with van der Waals surface area (Å²) in [5, 5.41) is 3.57. The van der Waals surface area contributed by atoms with Gasteiger partial charge in [-0.2, -0.15) is 0 Å². The fourth-order valence-corrected chi connectivity index (χ4v) is 2.50. The van der Waals surface area contributed by atoms with E-state index in [1.807, 2.05) is 12.1 Å². The van der Waals surface area contributed by atoms with Crippen molar-refractivity contribution in [1.82, 2.24) is 10.3 Å². The number of methoxy groups -OCH3 is 1. The third kappa shape index (κ3) is 3.82. The monoisotopic (exact) mass is 284 g/mol. The summed E-state index contributed by atoms with van der Waals surface area (Å²) in [5.41, 5.74) is 6.57. The van der Waals surface area contributed by atoms with Crippen molar-refractivity contribution in [3.8, 4) is 5.88 Å². The summed E-state index contributed by atoms with van der Waals surface area (Å²) in [6.07, 6.45) is 1.78. The van der Waals surface area contributed by atoms with Crippen LogP contribution in [0.25, 0.3) is 0 Å². The van der Waals surface area contributed by atoms with E-state index in [1.54, 1.807) is 13.3 Å². The van der Waals surface area contributed by atoms with Crippen molar-refractivity contribution in [2.45, 2.75) is 40.3 Å². The maximum absolute atomic E-state index is 5.16. The smallest absolute Gasteiger partial charge is 0.213 e. The second-order valence-corrected chi connectivity index (χ2v) is 5.60. The number of benzene rings is 1. The van der Waals surface area contributed by atoms with Crippen molar-refractivity contribution in [2.24, 2.45) is 0 Å². The van der Waals surface area contributed by atoms with Gasteiger partial charge in [0.15, 0.2) is 0 Å². The third-order valence-electron chi connectivity index (χ3n) is 3.97. The number of aromatic nitrogens is 1. The van der Waals surface area contributed by atoms with E-state index in [4.69, 9.17) is 4.74 Å². The van der Waals surface area contributed by atoms with Crippen LogP contribution in [0.15, 0.2) is 30.5 Å². The summed E-state index contributed by atoms with van der Waals surface area (Å²) in [7, 11) is 1.64. The Labute approximate surface area is 127 Å². The summed E-state index contributed by atoms with van der Waals surface area (Å²) in [4.78, 5) is 4.13. The fourth-order valence-electron chi connectivity index (χ4n) is 2.50. The second-order valence-electron chi connectivity index (χ2n) is 5.60. The van der Waals surface area contributed by atoms with Crippen LogP contribution in [0.1, 0.15) is 40.8 Å². The topological polar surface area (TPSA) is 34.1 Å². The molecule has 1 unspecified atom stereocenters. The van der Waals surface area contributed by atoms with Crippen LogP contribution < -0.4 is 10.1 Å². The van der Waals surface area contributed by atoms with Crippen LogP contribution in [-0.2, 0) is 6.54 Å². The number of ether oxygens (including phenoxy) is 1. The minimum Gasteiger partial charge on any atom is -0.481 e. The average molecular weight is 284 g/mol. The summed E-state index contributed by atoms with van der Waals surface area (Å²) in [6, 6.07) is 8.83. The molecule has 112 valence electrons. The number of pyridine rings is 1. The normalized spacial score (nSPS) is 12.2. The van der Waals surface area contributed by atoms with Crippen LogP contribution >= 0.6 is 0 Å². The number of hydrogen-bond acceptors (Lipinski definition) is 3. The number of hydrogen-bond donors (Lipinski definition) is 1. The van der Waals surface area contributed by atoms with E-state index in [9.17, 15) is 0 Å². The molecule has 0 aliphatic rings. The van der Waals surface area contributed by atoms with Crippen LogP contribution in [0.2, 0.25) is 0 Å². The number of nitrogens with one attached hydrogen (secondary N) is 1. The number of rotatable bonds is 5. The molecule has 0 aliphatic carbocycles. The Morgan fingerprint density at radius 1 is 1.10 bits per heavy atom. The van der Waals surface area contributed by atoms with E-state index in [1.165, 1.54) is 27.8 Å². The van der Waals surface area contributed by atoms with Crippen molar-refractivity contribution < 1.29 is 4.74 Å². The molecule has 0 fully saturated rings. The second kappa shape index (κ2) is 6.72. The van der Waals surface area contributed by atoms with Gasteiger partial charge in [0.25, 0.3) is 0 Å². The van der Waals surface area contributed by atoms with Crippen LogP contribution in [0.4, 0.5) is 0 Å². The highest BCUT2D eigenvalue weighted by molar-refractivity contribution is 5.38. The highest BCUT2D eigenvalue weighted by atomic mass is 16.5. The molecule has 0 radical (unpaired) electrons. The van der Waals surface area contributed by atoms with E-state index in [0.717, 1.165) is 6.54 Å². The van der Waals surface area contributed by atoms with Crippen molar-refractivity contribution >= 4 is 0 Å². The minimum absolute atomic E-state index is 0.309. The van der Waals surface area contributed by atoms with Gasteiger partial charge in [-0.05, 0) is 61.6 Å². The molecule has 0 spiro atoms. The first-order chi connectivity index (χ1) is 10.0. The Bertz CT molecular complexity index is 623. The lowest BCUT2D eigenvalue weighted by molar-refractivity contribution is 0.397. The van der Waals surface area contributed by atoms with Gasteiger partial charge < -0.3 is 10.1 Å². The average Bonchev–Trinajstić information content (AvgIpc) is 2.48. The van der Waals surface area contributed by atoms with Crippen molar-refractivity contribution in [3.05, 3.63) is 58.3 Å². The Morgan fingerprint density at radius 2 is 1.81 bits per heavy atom. The zero-order valence-corrected chi connectivity index (χ0v) is 13.5. The fraction of sp³-hybridized carbons (Fsp3) is 0.389. The van der Waals surface area contributed by atoms with Crippen LogP contribution in [0.5, 0.6) is 5.88 Å². The summed E-state index contributed by atoms with van der Waals surface area (Å²) < 4.78 is 5.16. The van der Waals surface area contributed by atoms with E-state index >= 15 is 0 Å². The highest BCUT2D eigenvalue weighted by Gasteiger charge is 2.10. The van der Waals surface area contributed by atoms with Gasteiger partial charge in [0.05, 0.1) is 7.11 Å². The first-order valence-electron chi connectivity index (χ1n) is 7.31. The molecule has 0 saturated heterocycles. The molecule has 3 nitrogen and oxygen atoms in total. The van der Waals surface area contributed by atoms with Crippen molar-refractivity contribution in [2.75, 3.05) is 7.11 Å². The van der Waals surface area contributed by atoms with Crippen LogP contribution in [0, 0.1) is 20.8 Å². The van der Waals surface area contributed by atoms with E-state index in [0.29, 0.717) is 11.9 Å². The maximum atomic E-state index is 5.16. The van der Waals surface area contributed by atoms with E-state index in [-0.39, 0.29) is 0 Å². The molecule has 1 aromatic heterocycles. The molecular formula is C18H24N2O. The first-order valence-corrected chi connectivity index (χ1v) is 7.31. The zero-order valence-electron chi connectivity index (χ0n) is 13.5. The predicted octanol–water partition coefficient (Wildman–Crippen LogP) is 3.87. The molecule has 1 atom stereocenters. The van der Waals surface area contributed by atoms with Gasteiger partial charge in [0, 0.05) is 24.8 Å². The molecular weight excluding hydrogens is 260 g/mol. The Hall–Kier alpha value is -1.87. The first kappa shape index (κ1) is 15.5. The molecule has 0 aliphatic heterocycles. The van der Waals surface area contributed by atoms with Crippen molar-refractivity contribution in [1.29, 1.82) is 0 Å². The SMILES string of the molecule is COc1cc(CNC(C)c2cc(C)c(C)cc2C)ccn1. The molecule has 1 N–H and O–H groups in total. The minimum atomic E-state index is 0.309. The van der Waals surface area contributed by atoms with Gasteiger partial charge in [-0.15, -0.1) is 0 Å². The quantitative estimate of drug-likeness (QED) is 0.905. The molecule has 0 amide bonds. The standard InChI is InChI=1S/C18H24N2O/c1-12-8-14(3)17(9-13(12)2)15(4)20-11-16-6-7-19-18(10-16)21-5/h6-10,15,20H,11H2,1-5H3. The van der Waals surface area contributed by atoms with E-state index in [2.05, 4.69) is 50.1 Å². The van der Waals surface area contributed by atoms with Crippen molar-refractivity contribution in [3.63, 3.8) is 0 Å². The highest BCUT2D eigenvalue weighted by Crippen LogP contribution is 2.22. The lowest BCUT2D eigenvalue weighted by Gasteiger charge is -2.18. The van der Waals surface area contributed by atoms with Gasteiger partial charge in [-0.25, -0.2) is 4.98 Å². The molecule has 1 heterocycles. The summed E-state index contributed by atoms with van der Waals surface area (Å²) in [5.74, 6) is 0.657. The predicted molar refractivity (Wildman–Crippen MR) is 86.7 cm³/mol. The molecule has 1 aromatic carbocycles. The summed E-state index contributed by atoms with van der Waals surface area (Å²) >= 11 is 0. The summed E-state index contributed by atoms with van der Waals surface area (Å²) in [6.45, 7) is 9.50. The largest absolute Gasteiger partial charge is 0.481 e. The third-order valence-corrected chi connectivity index (χ3v) is 3.97. The number of nitrogens with zero attached hydrogens (tertiary/aromatic N) is 1. The van der Waals surface area contributed by atoms with Gasteiger partial charge in [0.2, 0.25) is 5.88 Å². The van der Waals surface area contributed by atoms with Gasteiger partial charge in [0.1, 0.15) is 0 Å². The van der Waals surface area contributed by atoms with Gasteiger partial charge in [-0.3, -0.25) is 0 Å². The Balaban J connectivity index is 2.07. The van der Waals surface area contributed by atoms with Gasteiger partial charge >= 0.3 is 0 Å². The lowest BCUT2D eigenvalue weighted by Crippen LogP contribution is -2.19. The molecule has 2 rings (SSSR count). The zero-order chi connectivity index (χ0) is 15.4. The molecule has 21 heavy (non-hydrogen) atoms. The maximum Gasteiger partial charge on any atom is 0.213 e. The molecule has 2 aromatic rings. The Morgan fingerprint density at radius 3 is 2.52 bits per heavy atom. The molecule has 0 bridgehead atoms.